The van der Waals surface area contributed by atoms with Gasteiger partial charge in [-0.1, -0.05) is 13.5 Å². The third kappa shape index (κ3) is 3.06. The summed E-state index contributed by atoms with van der Waals surface area (Å²) >= 11 is 0. The molecule has 0 radical (unpaired) electrons. The predicted octanol–water partition coefficient (Wildman–Crippen LogP) is 0.450. The molecule has 2 aliphatic rings. The first kappa shape index (κ1) is 16.3. The van der Waals surface area contributed by atoms with Crippen LogP contribution in [0, 0.1) is 0 Å². The van der Waals surface area contributed by atoms with Crippen LogP contribution in [0.2, 0.25) is 0 Å². The first-order valence-corrected chi connectivity index (χ1v) is 8.86. The van der Waals surface area contributed by atoms with Crippen LogP contribution in [0.4, 0.5) is 0 Å². The predicted molar refractivity (Wildman–Crippen MR) is 65.5 cm³/mol. The molecule has 0 bridgehead atoms. The standard InChI is InChI=1S/C9H16O9P2/c1-3-6-8(10)5(2)9(16-6)4-7(9)17-20(14,15)18-19(11,12)13/h6-8,10H,2-4H2,1H3,(H,14,15)(H2,11,12,13)/t6?,7?,8-,9?/m1/s1. The second-order valence-corrected chi connectivity index (χ2v) is 7.55. The Labute approximate surface area is 115 Å². The van der Waals surface area contributed by atoms with Crippen LogP contribution < -0.4 is 0 Å². The third-order valence-electron chi connectivity index (χ3n) is 3.34. The van der Waals surface area contributed by atoms with Gasteiger partial charge in [0.25, 0.3) is 0 Å². The molecule has 0 aromatic rings. The zero-order valence-electron chi connectivity index (χ0n) is 10.6. The van der Waals surface area contributed by atoms with Crippen molar-refractivity contribution in [1.29, 1.82) is 0 Å². The van der Waals surface area contributed by atoms with Gasteiger partial charge in [0.1, 0.15) is 17.8 Å². The Morgan fingerprint density at radius 3 is 2.50 bits per heavy atom. The Balaban J connectivity index is 2.04. The highest BCUT2D eigenvalue weighted by atomic mass is 31.3. The van der Waals surface area contributed by atoms with E-state index in [-0.39, 0.29) is 6.42 Å². The average Bonchev–Trinajstić information content (AvgIpc) is 2.87. The van der Waals surface area contributed by atoms with E-state index in [1.54, 1.807) is 6.92 Å². The lowest BCUT2D eigenvalue weighted by Crippen LogP contribution is -2.20. The summed E-state index contributed by atoms with van der Waals surface area (Å²) in [5.41, 5.74) is -0.762. The second kappa shape index (κ2) is 4.98. The van der Waals surface area contributed by atoms with Gasteiger partial charge in [-0.2, -0.15) is 4.31 Å². The minimum atomic E-state index is -5.15. The molecule has 1 spiro atoms. The fraction of sp³-hybridized carbons (Fsp3) is 0.778. The molecule has 1 heterocycles. The molecule has 1 aliphatic heterocycles. The Hall–Kier alpha value is -0.0800. The smallest absolute Gasteiger partial charge is 0.386 e. The SMILES string of the molecule is C=C1[C@@H](O)C(CC)OC12CC2OP(=O)(O)OP(=O)(O)O. The van der Waals surface area contributed by atoms with Crippen molar-refractivity contribution in [2.24, 2.45) is 0 Å². The average molecular weight is 330 g/mol. The first-order valence-electron chi connectivity index (χ1n) is 5.84. The molecule has 4 N–H and O–H groups in total. The number of aliphatic hydroxyl groups is 1. The monoisotopic (exact) mass is 330 g/mol. The number of phosphoric ester groups is 1. The van der Waals surface area contributed by atoms with E-state index >= 15 is 0 Å². The molecule has 1 saturated heterocycles. The second-order valence-electron chi connectivity index (χ2n) is 4.76. The third-order valence-corrected chi connectivity index (χ3v) is 5.53. The maximum atomic E-state index is 11.4. The van der Waals surface area contributed by atoms with Gasteiger partial charge in [0.2, 0.25) is 0 Å². The van der Waals surface area contributed by atoms with Crippen molar-refractivity contribution in [1.82, 2.24) is 0 Å². The first-order chi connectivity index (χ1) is 9.01. The molecule has 20 heavy (non-hydrogen) atoms. The molecule has 2 fully saturated rings. The molecule has 11 heteroatoms. The van der Waals surface area contributed by atoms with Crippen molar-refractivity contribution in [3.05, 3.63) is 12.2 Å². The van der Waals surface area contributed by atoms with Gasteiger partial charge in [-0.3, -0.25) is 4.52 Å². The summed E-state index contributed by atoms with van der Waals surface area (Å²) in [6.07, 6.45) is -1.66. The highest BCUT2D eigenvalue weighted by Crippen LogP contribution is 2.64. The van der Waals surface area contributed by atoms with Gasteiger partial charge in [-0.05, 0) is 12.0 Å². The van der Waals surface area contributed by atoms with Crippen molar-refractivity contribution in [3.8, 4) is 0 Å². The summed E-state index contributed by atoms with van der Waals surface area (Å²) < 4.78 is 35.9. The van der Waals surface area contributed by atoms with E-state index in [2.05, 4.69) is 15.4 Å². The molecule has 2 rings (SSSR count). The Kier molecular flexibility index (Phi) is 4.06. The van der Waals surface area contributed by atoms with E-state index in [1.807, 2.05) is 0 Å². The van der Waals surface area contributed by atoms with Crippen LogP contribution in [0.3, 0.4) is 0 Å². The topological polar surface area (TPSA) is 143 Å². The Bertz CT molecular complexity index is 514. The highest BCUT2D eigenvalue weighted by molar-refractivity contribution is 7.60. The van der Waals surface area contributed by atoms with Crippen LogP contribution in [0.25, 0.3) is 0 Å². The lowest BCUT2D eigenvalue weighted by molar-refractivity contribution is -0.0184. The van der Waals surface area contributed by atoms with Crippen LogP contribution in [-0.4, -0.2) is 43.7 Å². The van der Waals surface area contributed by atoms with Gasteiger partial charge in [0.15, 0.2) is 0 Å². The van der Waals surface area contributed by atoms with E-state index < -0.39 is 39.6 Å². The maximum Gasteiger partial charge on any atom is 0.481 e. The van der Waals surface area contributed by atoms with Gasteiger partial charge >= 0.3 is 15.6 Å². The highest BCUT2D eigenvalue weighted by Gasteiger charge is 2.67. The lowest BCUT2D eigenvalue weighted by atomic mass is 10.0. The van der Waals surface area contributed by atoms with Gasteiger partial charge in [-0.25, -0.2) is 9.13 Å². The van der Waals surface area contributed by atoms with Crippen molar-refractivity contribution in [3.63, 3.8) is 0 Å². The van der Waals surface area contributed by atoms with Crippen LogP contribution in [0.15, 0.2) is 12.2 Å². The molecular weight excluding hydrogens is 314 g/mol. The number of rotatable bonds is 5. The number of hydrogen-bond donors (Lipinski definition) is 4. The van der Waals surface area contributed by atoms with E-state index in [0.717, 1.165) is 0 Å². The molecule has 0 aromatic heterocycles. The zero-order chi connectivity index (χ0) is 15.3. The van der Waals surface area contributed by atoms with Crippen molar-refractivity contribution in [2.45, 2.75) is 43.7 Å². The molecule has 1 aliphatic carbocycles. The molecule has 9 nitrogen and oxygen atoms in total. The van der Waals surface area contributed by atoms with Crippen LogP contribution in [0.1, 0.15) is 19.8 Å². The van der Waals surface area contributed by atoms with Crippen LogP contribution in [0.5, 0.6) is 0 Å². The van der Waals surface area contributed by atoms with Gasteiger partial charge < -0.3 is 24.5 Å². The number of aliphatic hydroxyl groups excluding tert-OH is 1. The quantitative estimate of drug-likeness (QED) is 0.417. The minimum absolute atomic E-state index is 0.161. The summed E-state index contributed by atoms with van der Waals surface area (Å²) in [6, 6.07) is 0. The molecule has 116 valence electrons. The molecule has 0 amide bonds. The number of hydrogen-bond acceptors (Lipinski definition) is 6. The van der Waals surface area contributed by atoms with Crippen LogP contribution >= 0.6 is 15.6 Å². The van der Waals surface area contributed by atoms with Crippen LogP contribution in [-0.2, 0) is 22.7 Å². The summed E-state index contributed by atoms with van der Waals surface area (Å²) in [4.78, 5) is 26.3. The molecule has 1 saturated carbocycles. The normalized spacial score (nSPS) is 40.0. The number of phosphoric acid groups is 2. The maximum absolute atomic E-state index is 11.4. The van der Waals surface area contributed by atoms with E-state index in [0.29, 0.717) is 12.0 Å². The fourth-order valence-electron chi connectivity index (χ4n) is 2.31. The lowest BCUT2D eigenvalue weighted by Gasteiger charge is -2.15. The Morgan fingerprint density at radius 1 is 1.45 bits per heavy atom. The molecule has 4 unspecified atom stereocenters. The van der Waals surface area contributed by atoms with Crippen molar-refractivity contribution in [2.75, 3.05) is 0 Å². The summed E-state index contributed by atoms with van der Waals surface area (Å²) in [7, 11) is -10.1. The minimum Gasteiger partial charge on any atom is -0.386 e. The summed E-state index contributed by atoms with van der Waals surface area (Å²) in [5, 5.41) is 9.87. The Morgan fingerprint density at radius 2 is 2.05 bits per heavy atom. The van der Waals surface area contributed by atoms with E-state index in [9.17, 15) is 19.1 Å². The molecular formula is C9H16O9P2. The van der Waals surface area contributed by atoms with Gasteiger partial charge in [0, 0.05) is 6.42 Å². The van der Waals surface area contributed by atoms with Crippen molar-refractivity contribution >= 4 is 15.6 Å². The van der Waals surface area contributed by atoms with Crippen molar-refractivity contribution < 1.29 is 42.5 Å². The molecule has 0 aromatic carbocycles. The number of ether oxygens (including phenoxy) is 1. The molecule has 5 atom stereocenters. The summed E-state index contributed by atoms with van der Waals surface area (Å²) in [6.45, 7) is 5.48. The van der Waals surface area contributed by atoms with Gasteiger partial charge in [0.05, 0.1) is 6.10 Å². The summed E-state index contributed by atoms with van der Waals surface area (Å²) in [5.74, 6) is 0. The zero-order valence-corrected chi connectivity index (χ0v) is 12.4. The van der Waals surface area contributed by atoms with E-state index in [4.69, 9.17) is 14.5 Å². The fourth-order valence-corrected chi connectivity index (χ4v) is 4.10. The van der Waals surface area contributed by atoms with Gasteiger partial charge in [-0.15, -0.1) is 0 Å². The van der Waals surface area contributed by atoms with E-state index in [1.165, 1.54) is 0 Å². The largest absolute Gasteiger partial charge is 0.481 e.